The summed E-state index contributed by atoms with van der Waals surface area (Å²) in [5.74, 6) is -1.80. The van der Waals surface area contributed by atoms with Crippen molar-refractivity contribution in [3.63, 3.8) is 0 Å². The average Bonchev–Trinajstić information content (AvgIpc) is 3.23. The van der Waals surface area contributed by atoms with Gasteiger partial charge in [0.05, 0.1) is 0 Å². The molecule has 6 rings (SSSR count). The summed E-state index contributed by atoms with van der Waals surface area (Å²) >= 11 is 0. The van der Waals surface area contributed by atoms with Crippen LogP contribution >= 0.6 is 0 Å². The van der Waals surface area contributed by atoms with Crippen LogP contribution in [0.2, 0.25) is 0 Å². The summed E-state index contributed by atoms with van der Waals surface area (Å²) in [7, 11) is 0. The Balaban J connectivity index is 0.000000289. The number of esters is 5. The van der Waals surface area contributed by atoms with E-state index >= 15 is 0 Å². The number of rotatable bonds is 10. The molecular weight excluding hydrogens is 808 g/mol. The van der Waals surface area contributed by atoms with E-state index in [9.17, 15) is 48.9 Å². The van der Waals surface area contributed by atoms with E-state index in [-0.39, 0.29) is 108 Å². The third-order valence-corrected chi connectivity index (χ3v) is 8.21. The SMILES string of the molecule is C.CCC(=O)OC(=O)CC.CCC(=O)Oc1ccc(-c2cc(=O)c3c(OC(=O)CC)cc(OC(=O)CC)cc3o2)cc1.O=c1cc(-c2ccc(O)cc2)oc2cc(O)cc(O)c12. The lowest BCUT2D eigenvalue weighted by Crippen LogP contribution is -2.11. The van der Waals surface area contributed by atoms with E-state index < -0.39 is 34.7 Å². The predicted molar refractivity (Wildman–Crippen MR) is 227 cm³/mol. The molecule has 0 radical (unpaired) electrons. The Labute approximate surface area is 354 Å². The number of carbonyl (C=O) groups excluding carboxylic acids is 5. The molecule has 4 aromatic carbocycles. The van der Waals surface area contributed by atoms with Crippen LogP contribution in [0.5, 0.6) is 34.5 Å². The Bertz CT molecular complexity index is 2660. The Hall–Kier alpha value is -7.75. The summed E-state index contributed by atoms with van der Waals surface area (Å²) < 4.78 is 31.4. The van der Waals surface area contributed by atoms with Gasteiger partial charge in [0.15, 0.2) is 10.9 Å². The molecule has 0 aliphatic carbocycles. The summed E-state index contributed by atoms with van der Waals surface area (Å²) in [4.78, 5) is 80.6. The zero-order valence-electron chi connectivity index (χ0n) is 33.8. The van der Waals surface area contributed by atoms with Crippen LogP contribution in [0.15, 0.2) is 103 Å². The fourth-order valence-electron chi connectivity index (χ4n) is 5.09. The standard InChI is InChI=1S/C24H22O8.C15H10O5.C6H10O3.CH4/c1-4-21(26)29-15-9-7-14(8-10-15)18-13-17(25)24-19(31-18)11-16(30-22(27)5-2)12-20(24)32-23(28)6-3;16-9-3-1-8(2-4-9)13-7-12(19)15-11(18)5-10(17)6-14(15)20-13;1-3-5(7)9-6(8)4-2;/h7-13H,4-6H2,1-3H3;1-7,16-18H;3-4H2,1-2H3;1H4. The van der Waals surface area contributed by atoms with Crippen LogP contribution in [0.25, 0.3) is 44.6 Å². The fourth-order valence-corrected chi connectivity index (χ4v) is 5.09. The van der Waals surface area contributed by atoms with Crippen molar-refractivity contribution in [3.05, 3.63) is 105 Å². The molecule has 0 saturated heterocycles. The topological polar surface area (TPSA) is 243 Å². The van der Waals surface area contributed by atoms with E-state index in [1.54, 1.807) is 71.0 Å². The summed E-state index contributed by atoms with van der Waals surface area (Å²) in [5.41, 5.74) is 0.502. The van der Waals surface area contributed by atoms with Gasteiger partial charge in [0.2, 0.25) is 0 Å². The molecule has 0 aliphatic rings. The number of hydrogen-bond acceptors (Lipinski definition) is 16. The molecular formula is C46H46O16. The molecule has 0 aliphatic heterocycles. The molecule has 62 heavy (non-hydrogen) atoms. The number of phenolic OH excluding ortho intramolecular Hbond substituents is 3. The first kappa shape index (κ1) is 48.6. The van der Waals surface area contributed by atoms with Crippen molar-refractivity contribution in [2.45, 2.75) is 74.1 Å². The van der Waals surface area contributed by atoms with Crippen LogP contribution in [0.3, 0.4) is 0 Å². The van der Waals surface area contributed by atoms with E-state index in [1.807, 2.05) is 0 Å². The summed E-state index contributed by atoms with van der Waals surface area (Å²) in [6, 6.07) is 20.2. The van der Waals surface area contributed by atoms with Gasteiger partial charge in [0, 0.05) is 79.6 Å². The molecule has 16 nitrogen and oxygen atoms in total. The number of carbonyl (C=O) groups is 5. The van der Waals surface area contributed by atoms with Crippen LogP contribution in [-0.4, -0.2) is 45.2 Å². The molecule has 2 heterocycles. The molecule has 0 saturated carbocycles. The number of ether oxygens (including phenoxy) is 4. The highest BCUT2D eigenvalue weighted by molar-refractivity contribution is 5.90. The Morgan fingerprint density at radius 1 is 0.484 bits per heavy atom. The minimum Gasteiger partial charge on any atom is -0.508 e. The van der Waals surface area contributed by atoms with Gasteiger partial charge < -0.3 is 43.1 Å². The molecule has 326 valence electrons. The monoisotopic (exact) mass is 854 g/mol. The number of aromatic hydroxyl groups is 3. The van der Waals surface area contributed by atoms with E-state index in [1.165, 1.54) is 42.5 Å². The quantitative estimate of drug-likeness (QED) is 0.0664. The van der Waals surface area contributed by atoms with E-state index in [4.69, 9.17) is 23.0 Å². The lowest BCUT2D eigenvalue weighted by Gasteiger charge is -2.11. The van der Waals surface area contributed by atoms with Gasteiger partial charge in [-0.2, -0.15) is 0 Å². The maximum absolute atomic E-state index is 12.9. The summed E-state index contributed by atoms with van der Waals surface area (Å²) in [6.07, 6.45) is 0.995. The molecule has 0 amide bonds. The van der Waals surface area contributed by atoms with Gasteiger partial charge in [-0.1, -0.05) is 42.0 Å². The van der Waals surface area contributed by atoms with Crippen molar-refractivity contribution in [1.82, 2.24) is 0 Å². The van der Waals surface area contributed by atoms with Crippen molar-refractivity contribution in [2.75, 3.05) is 0 Å². The van der Waals surface area contributed by atoms with Crippen LogP contribution in [0.1, 0.15) is 74.1 Å². The van der Waals surface area contributed by atoms with E-state index in [0.717, 1.165) is 6.07 Å². The summed E-state index contributed by atoms with van der Waals surface area (Å²) in [5, 5.41) is 28.4. The van der Waals surface area contributed by atoms with Gasteiger partial charge >= 0.3 is 29.8 Å². The largest absolute Gasteiger partial charge is 0.508 e. The molecule has 0 atom stereocenters. The fraction of sp³-hybridized carbons (Fsp3) is 0.239. The summed E-state index contributed by atoms with van der Waals surface area (Å²) in [6.45, 7) is 8.24. The first-order valence-electron chi connectivity index (χ1n) is 19.0. The minimum atomic E-state index is -0.550. The zero-order valence-corrected chi connectivity index (χ0v) is 33.8. The Morgan fingerprint density at radius 2 is 0.919 bits per heavy atom. The van der Waals surface area contributed by atoms with E-state index in [2.05, 4.69) is 4.74 Å². The maximum Gasteiger partial charge on any atom is 0.313 e. The molecule has 0 unspecified atom stereocenters. The van der Waals surface area contributed by atoms with Crippen molar-refractivity contribution >= 4 is 51.8 Å². The number of benzene rings is 4. The molecule has 6 aromatic rings. The molecule has 16 heteroatoms. The maximum atomic E-state index is 12.9. The molecule has 0 spiro atoms. The lowest BCUT2D eigenvalue weighted by atomic mass is 10.1. The second-order valence-electron chi connectivity index (χ2n) is 12.7. The second kappa shape index (κ2) is 22.6. The van der Waals surface area contributed by atoms with Gasteiger partial charge in [-0.3, -0.25) is 33.6 Å². The van der Waals surface area contributed by atoms with Gasteiger partial charge in [-0.25, -0.2) is 0 Å². The van der Waals surface area contributed by atoms with Crippen molar-refractivity contribution < 1.29 is 67.1 Å². The molecule has 2 aromatic heterocycles. The molecule has 0 bridgehead atoms. The van der Waals surface area contributed by atoms with Crippen LogP contribution < -0.4 is 25.1 Å². The highest BCUT2D eigenvalue weighted by atomic mass is 16.6. The third kappa shape index (κ3) is 13.1. The zero-order chi connectivity index (χ0) is 44.8. The van der Waals surface area contributed by atoms with Crippen molar-refractivity contribution in [1.29, 1.82) is 0 Å². The average molecular weight is 855 g/mol. The highest BCUT2D eigenvalue weighted by Gasteiger charge is 2.18. The van der Waals surface area contributed by atoms with Gasteiger partial charge in [-0.05, 0) is 48.5 Å². The number of phenols is 3. The highest BCUT2D eigenvalue weighted by Crippen LogP contribution is 2.34. The Kier molecular flexibility index (Phi) is 17.7. The van der Waals surface area contributed by atoms with E-state index in [0.29, 0.717) is 16.9 Å². The van der Waals surface area contributed by atoms with Crippen molar-refractivity contribution in [3.8, 4) is 57.1 Å². The smallest absolute Gasteiger partial charge is 0.313 e. The predicted octanol–water partition coefficient (Wildman–Crippen LogP) is 8.50. The second-order valence-corrected chi connectivity index (χ2v) is 12.7. The van der Waals surface area contributed by atoms with Gasteiger partial charge in [-0.15, -0.1) is 0 Å². The van der Waals surface area contributed by atoms with Gasteiger partial charge in [0.25, 0.3) is 0 Å². The van der Waals surface area contributed by atoms with Crippen molar-refractivity contribution in [2.24, 2.45) is 0 Å². The van der Waals surface area contributed by atoms with Crippen LogP contribution in [0.4, 0.5) is 0 Å². The number of hydrogen-bond donors (Lipinski definition) is 3. The van der Waals surface area contributed by atoms with Crippen LogP contribution in [-0.2, 0) is 28.7 Å². The van der Waals surface area contributed by atoms with Gasteiger partial charge in [0.1, 0.15) is 68.0 Å². The normalized spacial score (nSPS) is 10.2. The number of fused-ring (bicyclic) bond motifs is 2. The molecule has 3 N–H and O–H groups in total. The first-order chi connectivity index (χ1) is 29.1. The third-order valence-electron chi connectivity index (χ3n) is 8.21. The minimum absolute atomic E-state index is 0. The first-order valence-corrected chi connectivity index (χ1v) is 19.0. The Morgan fingerprint density at radius 3 is 1.42 bits per heavy atom. The lowest BCUT2D eigenvalue weighted by molar-refractivity contribution is -0.159. The molecule has 0 fully saturated rings. The van der Waals surface area contributed by atoms with Crippen LogP contribution in [0, 0.1) is 0 Å².